The van der Waals surface area contributed by atoms with E-state index in [-0.39, 0.29) is 64.4 Å². The van der Waals surface area contributed by atoms with Crippen LogP contribution in [0.2, 0.25) is 0 Å². The Bertz CT molecular complexity index is 1480. The predicted molar refractivity (Wildman–Crippen MR) is 136 cm³/mol. The Labute approximate surface area is 224 Å². The number of hydrogen-bond acceptors (Lipinski definition) is 11. The Morgan fingerprint density at radius 3 is 2.44 bits per heavy atom. The van der Waals surface area contributed by atoms with Gasteiger partial charge in [0.2, 0.25) is 11.8 Å². The van der Waals surface area contributed by atoms with Crippen LogP contribution in [-0.2, 0) is 26.2 Å². The van der Waals surface area contributed by atoms with Gasteiger partial charge in [-0.05, 0) is 27.7 Å². The van der Waals surface area contributed by atoms with Crippen LogP contribution in [-0.4, -0.2) is 56.7 Å². The maximum absolute atomic E-state index is 13.8. The number of allylic oxidation sites excluding steroid dienone is 4. The van der Waals surface area contributed by atoms with Crippen molar-refractivity contribution in [2.24, 2.45) is 0 Å². The zero-order valence-electron chi connectivity index (χ0n) is 22.5. The number of aromatic nitrogens is 2. The summed E-state index contributed by atoms with van der Waals surface area (Å²) in [5.41, 5.74) is -1.87. The van der Waals surface area contributed by atoms with E-state index in [0.717, 1.165) is 6.08 Å². The minimum atomic E-state index is -1.63. The number of fused-ring (bicyclic) bond motifs is 3. The number of phenols is 2. The van der Waals surface area contributed by atoms with Gasteiger partial charge in [-0.25, -0.2) is 0 Å². The van der Waals surface area contributed by atoms with Crippen LogP contribution >= 0.6 is 0 Å². The molecule has 1 unspecified atom stereocenters. The maximum Gasteiger partial charge on any atom is 0.239 e. The first-order chi connectivity index (χ1) is 18.3. The van der Waals surface area contributed by atoms with Crippen molar-refractivity contribution in [1.82, 2.24) is 20.8 Å². The minimum Gasteiger partial charge on any atom is -0.507 e. The van der Waals surface area contributed by atoms with E-state index >= 15 is 0 Å². The summed E-state index contributed by atoms with van der Waals surface area (Å²) >= 11 is 0. The number of carbonyl (C=O) groups is 4. The molecule has 0 spiro atoms. The van der Waals surface area contributed by atoms with E-state index in [0.29, 0.717) is 18.1 Å². The van der Waals surface area contributed by atoms with E-state index in [4.69, 9.17) is 9.26 Å². The van der Waals surface area contributed by atoms with Crippen molar-refractivity contribution in [2.45, 2.75) is 59.3 Å². The fraction of sp³-hybridized carbons (Fsp3) is 0.407. The fourth-order valence-corrected chi connectivity index (χ4v) is 4.64. The average molecular weight is 539 g/mol. The van der Waals surface area contributed by atoms with E-state index < -0.39 is 34.3 Å². The van der Waals surface area contributed by atoms with Gasteiger partial charge in [0.1, 0.15) is 34.0 Å². The number of nitrogens with zero attached hydrogens (tertiary/aromatic N) is 2. The highest BCUT2D eigenvalue weighted by Crippen LogP contribution is 2.57. The molecule has 1 aliphatic carbocycles. The molecular weight excluding hydrogens is 508 g/mol. The maximum atomic E-state index is 13.8. The summed E-state index contributed by atoms with van der Waals surface area (Å²) in [6, 6.07) is 0. The first-order valence-corrected chi connectivity index (χ1v) is 12.4. The van der Waals surface area contributed by atoms with Gasteiger partial charge < -0.3 is 30.1 Å². The Balaban J connectivity index is 1.53. The molecule has 1 amide bonds. The van der Waals surface area contributed by atoms with Crippen molar-refractivity contribution in [3.8, 4) is 17.2 Å². The van der Waals surface area contributed by atoms with Gasteiger partial charge in [-0.15, -0.1) is 0 Å². The molecule has 4 rings (SSSR count). The van der Waals surface area contributed by atoms with Gasteiger partial charge in [0.15, 0.2) is 23.2 Å². The van der Waals surface area contributed by atoms with Crippen molar-refractivity contribution >= 4 is 23.3 Å². The number of ketones is 3. The van der Waals surface area contributed by atoms with Crippen LogP contribution in [0.3, 0.4) is 0 Å². The smallest absolute Gasteiger partial charge is 0.239 e. The second kappa shape index (κ2) is 10.0. The Kier molecular flexibility index (Phi) is 7.07. The van der Waals surface area contributed by atoms with Gasteiger partial charge in [-0.3, -0.25) is 19.2 Å². The van der Waals surface area contributed by atoms with Gasteiger partial charge in [-0.2, -0.15) is 4.98 Å². The van der Waals surface area contributed by atoms with Crippen LogP contribution in [0.1, 0.15) is 73.7 Å². The summed E-state index contributed by atoms with van der Waals surface area (Å²) in [7, 11) is 0. The van der Waals surface area contributed by atoms with Crippen LogP contribution in [0.25, 0.3) is 0 Å². The summed E-state index contributed by atoms with van der Waals surface area (Å²) in [5.74, 6) is -2.25. The molecule has 206 valence electrons. The van der Waals surface area contributed by atoms with Crippen molar-refractivity contribution < 1.29 is 38.7 Å². The Morgan fingerprint density at radius 1 is 1.13 bits per heavy atom. The number of aromatic hydroxyl groups is 2. The molecule has 0 fully saturated rings. The lowest BCUT2D eigenvalue weighted by molar-refractivity contribution is -0.124. The molecular formula is C27H30N4O8. The number of Topliss-reactive ketones (excluding diaryl/α,β-unsaturated/α-hetero) is 2. The first kappa shape index (κ1) is 27.6. The largest absolute Gasteiger partial charge is 0.507 e. The third-order valence-corrected chi connectivity index (χ3v) is 6.94. The summed E-state index contributed by atoms with van der Waals surface area (Å²) in [6.45, 7) is 9.50. The van der Waals surface area contributed by atoms with E-state index in [2.05, 4.69) is 20.8 Å². The second-order valence-electron chi connectivity index (χ2n) is 10.0. The summed E-state index contributed by atoms with van der Waals surface area (Å²) in [6.07, 6.45) is 1.46. The molecule has 2 heterocycles. The normalized spacial score (nSPS) is 19.3. The molecule has 0 radical (unpaired) electrons. The molecule has 1 aromatic heterocycles. The first-order valence-electron chi connectivity index (χ1n) is 12.4. The number of carbonyl (C=O) groups excluding carboxylic acids is 4. The number of amides is 1. The highest BCUT2D eigenvalue weighted by atomic mass is 16.5. The van der Waals surface area contributed by atoms with Crippen molar-refractivity contribution in [3.05, 3.63) is 51.5 Å². The highest BCUT2D eigenvalue weighted by Gasteiger charge is 2.56. The van der Waals surface area contributed by atoms with Gasteiger partial charge in [0, 0.05) is 36.2 Å². The number of phenolic OH excluding ortho intramolecular Hbond substituents is 2. The fourth-order valence-electron chi connectivity index (χ4n) is 4.64. The van der Waals surface area contributed by atoms with Crippen LogP contribution in [0.4, 0.5) is 0 Å². The monoisotopic (exact) mass is 538 g/mol. The third kappa shape index (κ3) is 4.55. The Morgan fingerprint density at radius 2 is 1.82 bits per heavy atom. The standard InChI is InChI=1S/C27H30N4O8/c1-11(2)26-30-18(39-31-26)7-8-28-17(34)10-29-13(4)19-15(33)9-16-27(6,25(19)37)21-23(36)12(3)22(35)20(14(5)32)24(21)38-16/h9,11,29,35-36H,7-8,10H2,1-6H3,(H,28,34)/b19-13+. The lowest BCUT2D eigenvalue weighted by atomic mass is 9.70. The number of nitrogens with one attached hydrogen (secondary N) is 2. The molecule has 0 saturated heterocycles. The van der Waals surface area contributed by atoms with Crippen molar-refractivity contribution in [3.63, 3.8) is 0 Å². The van der Waals surface area contributed by atoms with Gasteiger partial charge >= 0.3 is 0 Å². The number of hydrogen-bond donors (Lipinski definition) is 4. The van der Waals surface area contributed by atoms with Gasteiger partial charge in [0.05, 0.1) is 17.7 Å². The van der Waals surface area contributed by atoms with E-state index in [1.807, 2.05) is 13.8 Å². The molecule has 0 bridgehead atoms. The van der Waals surface area contributed by atoms with Gasteiger partial charge in [-0.1, -0.05) is 19.0 Å². The average Bonchev–Trinajstić information content (AvgIpc) is 3.45. The number of rotatable bonds is 8. The minimum absolute atomic E-state index is 0.00329. The van der Waals surface area contributed by atoms with Gasteiger partial charge in [0.25, 0.3) is 0 Å². The number of benzene rings is 1. The summed E-state index contributed by atoms with van der Waals surface area (Å²) < 4.78 is 10.9. The molecule has 12 nitrogen and oxygen atoms in total. The zero-order valence-corrected chi connectivity index (χ0v) is 22.5. The molecule has 4 N–H and O–H groups in total. The zero-order chi connectivity index (χ0) is 28.8. The summed E-state index contributed by atoms with van der Waals surface area (Å²) in [4.78, 5) is 55.6. The Hall–Kier alpha value is -4.48. The van der Waals surface area contributed by atoms with Crippen molar-refractivity contribution in [2.75, 3.05) is 13.1 Å². The molecule has 2 aliphatic rings. The van der Waals surface area contributed by atoms with Crippen LogP contribution in [0.15, 0.2) is 27.6 Å². The topological polar surface area (TPSA) is 181 Å². The van der Waals surface area contributed by atoms with E-state index in [1.165, 1.54) is 27.7 Å². The highest BCUT2D eigenvalue weighted by molar-refractivity contribution is 6.31. The van der Waals surface area contributed by atoms with Crippen LogP contribution < -0.4 is 15.4 Å². The van der Waals surface area contributed by atoms with Crippen molar-refractivity contribution in [1.29, 1.82) is 0 Å². The quantitative estimate of drug-likeness (QED) is 0.219. The number of ether oxygens (including phenoxy) is 1. The third-order valence-electron chi connectivity index (χ3n) is 6.94. The lowest BCUT2D eigenvalue weighted by Gasteiger charge is -2.29. The second-order valence-corrected chi connectivity index (χ2v) is 10.0. The molecule has 1 atom stereocenters. The van der Waals surface area contributed by atoms with E-state index in [1.54, 1.807) is 0 Å². The molecule has 0 saturated carbocycles. The van der Waals surface area contributed by atoms with Crippen LogP contribution in [0, 0.1) is 6.92 Å². The molecule has 2 aromatic rings. The molecule has 1 aliphatic heterocycles. The predicted octanol–water partition coefficient (Wildman–Crippen LogP) is 2.02. The molecule has 1 aromatic carbocycles. The SMILES string of the molecule is CC(=O)c1c(O)c(C)c(O)c2c1OC1=CC(=O)/C(=C(/C)NCC(=O)NCCc3nc(C(C)C)no3)C(=O)C12C. The van der Waals surface area contributed by atoms with Crippen LogP contribution in [0.5, 0.6) is 17.2 Å². The van der Waals surface area contributed by atoms with E-state index in [9.17, 15) is 29.4 Å². The molecule has 12 heteroatoms. The lowest BCUT2D eigenvalue weighted by Crippen LogP contribution is -2.42. The molecule has 39 heavy (non-hydrogen) atoms. The summed E-state index contributed by atoms with van der Waals surface area (Å²) in [5, 5.41) is 30.7.